The number of hydrogen-bond donors (Lipinski definition) is 2. The molecule has 1 amide bonds. The number of ketones is 1. The number of amides is 1. The van der Waals surface area contributed by atoms with E-state index in [0.29, 0.717) is 54.7 Å². The minimum Gasteiger partial charge on any atom is -0.507 e. The number of nitrogens with one attached hydrogen (secondary N) is 1. The Morgan fingerprint density at radius 3 is 2.39 bits per heavy atom. The van der Waals surface area contributed by atoms with Gasteiger partial charge in [-0.3, -0.25) is 9.59 Å². The first-order valence-electron chi connectivity index (χ1n) is 12.0. The SMILES string of the molecule is COc1ccc(C2C(=C(O)c3ccc(OC)c(C)c3)C(=O)C(=O)N2CC[NH+]2CCOCC2)c(OC)c1. The highest BCUT2D eigenvalue weighted by atomic mass is 16.5. The molecule has 9 heteroatoms. The summed E-state index contributed by atoms with van der Waals surface area (Å²) in [5.41, 5.74) is 1.86. The van der Waals surface area contributed by atoms with Gasteiger partial charge < -0.3 is 33.9 Å². The van der Waals surface area contributed by atoms with Crippen LogP contribution in [-0.4, -0.2) is 82.4 Å². The van der Waals surface area contributed by atoms with Gasteiger partial charge >= 0.3 is 0 Å². The summed E-state index contributed by atoms with van der Waals surface area (Å²) in [4.78, 5) is 29.5. The summed E-state index contributed by atoms with van der Waals surface area (Å²) in [5, 5.41) is 11.4. The lowest BCUT2D eigenvalue weighted by molar-refractivity contribution is -0.907. The monoisotopic (exact) mass is 497 g/mol. The second-order valence-corrected chi connectivity index (χ2v) is 8.90. The summed E-state index contributed by atoms with van der Waals surface area (Å²) in [6.07, 6.45) is 0. The van der Waals surface area contributed by atoms with Gasteiger partial charge in [-0.25, -0.2) is 0 Å². The van der Waals surface area contributed by atoms with Crippen molar-refractivity contribution in [3.8, 4) is 17.2 Å². The summed E-state index contributed by atoms with van der Waals surface area (Å²) in [6, 6.07) is 9.56. The third-order valence-electron chi connectivity index (χ3n) is 6.85. The van der Waals surface area contributed by atoms with E-state index in [9.17, 15) is 14.7 Å². The Morgan fingerprint density at radius 2 is 1.75 bits per heavy atom. The lowest BCUT2D eigenvalue weighted by Gasteiger charge is -2.29. The molecule has 2 aliphatic heterocycles. The zero-order chi connectivity index (χ0) is 25.8. The number of Topliss-reactive ketones (excluding diaryl/α,β-unsaturated/α-hetero) is 1. The topological polar surface area (TPSA) is 99.0 Å². The summed E-state index contributed by atoms with van der Waals surface area (Å²) >= 11 is 0. The number of aliphatic hydroxyl groups is 1. The lowest BCUT2D eigenvalue weighted by Crippen LogP contribution is -3.14. The minimum atomic E-state index is -0.811. The van der Waals surface area contributed by atoms with Crippen LogP contribution in [0.3, 0.4) is 0 Å². The number of benzene rings is 2. The van der Waals surface area contributed by atoms with Gasteiger partial charge in [-0.15, -0.1) is 0 Å². The van der Waals surface area contributed by atoms with Gasteiger partial charge in [-0.2, -0.15) is 0 Å². The van der Waals surface area contributed by atoms with E-state index in [1.807, 2.05) is 6.92 Å². The van der Waals surface area contributed by atoms with Crippen LogP contribution < -0.4 is 19.1 Å². The van der Waals surface area contributed by atoms with Crippen molar-refractivity contribution in [2.45, 2.75) is 13.0 Å². The first-order valence-corrected chi connectivity index (χ1v) is 12.0. The first-order chi connectivity index (χ1) is 17.4. The Kier molecular flexibility index (Phi) is 7.81. The largest absolute Gasteiger partial charge is 0.507 e. The van der Waals surface area contributed by atoms with Crippen molar-refractivity contribution in [1.29, 1.82) is 0 Å². The second kappa shape index (κ2) is 11.0. The summed E-state index contributed by atoms with van der Waals surface area (Å²) < 4.78 is 21.7. The highest BCUT2D eigenvalue weighted by molar-refractivity contribution is 6.46. The van der Waals surface area contributed by atoms with Crippen molar-refractivity contribution in [3.05, 3.63) is 58.7 Å². The number of carbonyl (C=O) groups is 2. The maximum Gasteiger partial charge on any atom is 0.295 e. The molecular weight excluding hydrogens is 464 g/mol. The number of hydrogen-bond acceptors (Lipinski definition) is 7. The summed E-state index contributed by atoms with van der Waals surface area (Å²) in [6.45, 7) is 5.87. The fourth-order valence-electron chi connectivity index (χ4n) is 4.85. The van der Waals surface area contributed by atoms with E-state index in [-0.39, 0.29) is 11.3 Å². The van der Waals surface area contributed by atoms with E-state index in [1.54, 1.807) is 50.6 Å². The molecule has 2 fully saturated rings. The molecule has 2 saturated heterocycles. The van der Waals surface area contributed by atoms with Crippen LogP contribution >= 0.6 is 0 Å². The molecule has 4 rings (SSSR count). The predicted molar refractivity (Wildman–Crippen MR) is 133 cm³/mol. The van der Waals surface area contributed by atoms with E-state index in [0.717, 1.165) is 18.7 Å². The average molecular weight is 498 g/mol. The standard InChI is InChI=1S/C27H32N2O7/c1-17-15-18(5-8-21(17)34-3)25(30)23-24(20-7-6-19(33-2)16-22(20)35-4)29(27(32)26(23)31)10-9-28-11-13-36-14-12-28/h5-8,15-16,24,30H,9-14H2,1-4H3/p+1. The molecule has 2 aliphatic rings. The number of rotatable bonds is 8. The molecule has 9 nitrogen and oxygen atoms in total. The number of ether oxygens (including phenoxy) is 4. The maximum absolute atomic E-state index is 13.4. The Morgan fingerprint density at radius 1 is 1.03 bits per heavy atom. The predicted octanol–water partition coefficient (Wildman–Crippen LogP) is 1.36. The van der Waals surface area contributed by atoms with Gasteiger partial charge in [-0.05, 0) is 42.8 Å². The molecule has 2 aromatic carbocycles. The number of methoxy groups -OCH3 is 3. The smallest absolute Gasteiger partial charge is 0.295 e. The summed E-state index contributed by atoms with van der Waals surface area (Å²) in [7, 11) is 4.65. The molecule has 2 heterocycles. The zero-order valence-electron chi connectivity index (χ0n) is 21.1. The van der Waals surface area contributed by atoms with Crippen molar-refractivity contribution in [2.75, 3.05) is 60.7 Å². The van der Waals surface area contributed by atoms with Gasteiger partial charge in [0.05, 0.1) is 59.2 Å². The van der Waals surface area contributed by atoms with Crippen LogP contribution in [0.5, 0.6) is 17.2 Å². The molecule has 0 radical (unpaired) electrons. The minimum absolute atomic E-state index is 0.0324. The van der Waals surface area contributed by atoms with Gasteiger partial charge in [0.2, 0.25) is 0 Å². The van der Waals surface area contributed by atoms with Crippen molar-refractivity contribution < 1.29 is 38.5 Å². The van der Waals surface area contributed by atoms with E-state index in [2.05, 4.69) is 0 Å². The Labute approximate surface area is 210 Å². The quantitative estimate of drug-likeness (QED) is 0.323. The van der Waals surface area contributed by atoms with Crippen LogP contribution in [0.1, 0.15) is 22.7 Å². The summed E-state index contributed by atoms with van der Waals surface area (Å²) in [5.74, 6) is 0.105. The highest BCUT2D eigenvalue weighted by Crippen LogP contribution is 2.43. The fraction of sp³-hybridized carbons (Fsp3) is 0.407. The van der Waals surface area contributed by atoms with E-state index in [1.165, 1.54) is 16.9 Å². The van der Waals surface area contributed by atoms with Crippen molar-refractivity contribution in [2.24, 2.45) is 0 Å². The molecular formula is C27H33N2O7+. The van der Waals surface area contributed by atoms with Gasteiger partial charge in [0, 0.05) is 17.2 Å². The van der Waals surface area contributed by atoms with Crippen LogP contribution in [0.15, 0.2) is 42.0 Å². The van der Waals surface area contributed by atoms with Crippen LogP contribution in [0.2, 0.25) is 0 Å². The fourth-order valence-corrected chi connectivity index (χ4v) is 4.85. The number of aryl methyl sites for hydroxylation is 1. The van der Waals surface area contributed by atoms with Crippen molar-refractivity contribution >= 4 is 17.4 Å². The molecule has 192 valence electrons. The number of carbonyl (C=O) groups excluding carboxylic acids is 2. The third kappa shape index (κ3) is 4.89. The molecule has 0 saturated carbocycles. The van der Waals surface area contributed by atoms with Crippen molar-refractivity contribution in [1.82, 2.24) is 4.90 Å². The maximum atomic E-state index is 13.4. The van der Waals surface area contributed by atoms with Crippen LogP contribution in [0, 0.1) is 6.92 Å². The molecule has 36 heavy (non-hydrogen) atoms. The molecule has 0 aromatic heterocycles. The number of aliphatic hydroxyl groups excluding tert-OH is 1. The molecule has 0 bridgehead atoms. The molecule has 0 spiro atoms. The number of morpholine rings is 1. The Bertz CT molecular complexity index is 1170. The molecule has 1 atom stereocenters. The number of nitrogens with zero attached hydrogens (tertiary/aromatic N) is 1. The first kappa shape index (κ1) is 25.5. The van der Waals surface area contributed by atoms with Gasteiger partial charge in [0.15, 0.2) is 0 Å². The van der Waals surface area contributed by atoms with Gasteiger partial charge in [0.1, 0.15) is 36.1 Å². The van der Waals surface area contributed by atoms with Crippen LogP contribution in [-0.2, 0) is 14.3 Å². The van der Waals surface area contributed by atoms with E-state index < -0.39 is 17.7 Å². The second-order valence-electron chi connectivity index (χ2n) is 8.90. The Hall–Kier alpha value is -3.56. The lowest BCUT2D eigenvalue weighted by atomic mass is 9.94. The zero-order valence-corrected chi connectivity index (χ0v) is 21.1. The van der Waals surface area contributed by atoms with E-state index >= 15 is 0 Å². The normalized spacial score (nSPS) is 20.0. The van der Waals surface area contributed by atoms with Crippen molar-refractivity contribution in [3.63, 3.8) is 0 Å². The molecule has 2 N–H and O–H groups in total. The molecule has 1 unspecified atom stereocenters. The number of likely N-dealkylation sites (tertiary alicyclic amines) is 1. The highest BCUT2D eigenvalue weighted by Gasteiger charge is 2.47. The molecule has 0 aliphatic carbocycles. The van der Waals surface area contributed by atoms with E-state index in [4.69, 9.17) is 18.9 Å². The van der Waals surface area contributed by atoms with Gasteiger partial charge in [0.25, 0.3) is 11.7 Å². The van der Waals surface area contributed by atoms with Crippen LogP contribution in [0.4, 0.5) is 0 Å². The van der Waals surface area contributed by atoms with Gasteiger partial charge in [-0.1, -0.05) is 0 Å². The Balaban J connectivity index is 1.81. The average Bonchev–Trinajstić information content (AvgIpc) is 3.16. The van der Waals surface area contributed by atoms with Crippen LogP contribution in [0.25, 0.3) is 5.76 Å². The third-order valence-corrected chi connectivity index (χ3v) is 6.85. The molecule has 2 aromatic rings. The number of quaternary nitrogens is 1.